The van der Waals surface area contributed by atoms with Crippen molar-refractivity contribution in [3.05, 3.63) is 0 Å². The number of alkyl halides is 1. The summed E-state index contributed by atoms with van der Waals surface area (Å²) in [7, 11) is 0. The molecule has 0 aromatic carbocycles. The van der Waals surface area contributed by atoms with Gasteiger partial charge in [0.1, 0.15) is 0 Å². The highest BCUT2D eigenvalue weighted by molar-refractivity contribution is 9.09. The van der Waals surface area contributed by atoms with E-state index in [2.05, 4.69) is 22.9 Å². The number of rotatable bonds is 10. The molecule has 2 heteroatoms. The maximum Gasteiger partial charge on any atom is 0.00313 e. The lowest BCUT2D eigenvalue weighted by Gasteiger charge is -2.00. The van der Waals surface area contributed by atoms with Gasteiger partial charge in [-0.2, -0.15) is 0 Å². The van der Waals surface area contributed by atoms with Gasteiger partial charge in [0.25, 0.3) is 0 Å². The molecule has 14 heavy (non-hydrogen) atoms. The van der Waals surface area contributed by atoms with Crippen LogP contribution < -0.4 is 0 Å². The molecule has 0 unspecified atom stereocenters. The molecule has 0 rings (SSSR count). The van der Waals surface area contributed by atoms with Crippen LogP contribution in [0.5, 0.6) is 0 Å². The molecule has 0 aliphatic heterocycles. The van der Waals surface area contributed by atoms with Crippen molar-refractivity contribution in [1.29, 1.82) is 0 Å². The Bertz CT molecular complexity index is 76.4. The van der Waals surface area contributed by atoms with Gasteiger partial charge in [-0.1, -0.05) is 80.6 Å². The Labute approximate surface area is 115 Å². The third kappa shape index (κ3) is 15.7. The lowest BCUT2D eigenvalue weighted by Crippen LogP contribution is -1.81. The van der Waals surface area contributed by atoms with Crippen LogP contribution in [-0.2, 0) is 0 Å². The van der Waals surface area contributed by atoms with Gasteiger partial charge in [0, 0.05) is 28.4 Å². The molecule has 0 aliphatic carbocycles. The molecule has 0 atom stereocenters. The first kappa shape index (κ1) is 17.6. The van der Waals surface area contributed by atoms with E-state index < -0.39 is 0 Å². The third-order valence-electron chi connectivity index (χ3n) is 2.49. The maximum absolute atomic E-state index is 3.46. The van der Waals surface area contributed by atoms with Crippen molar-refractivity contribution in [3.63, 3.8) is 0 Å². The van der Waals surface area contributed by atoms with Crippen LogP contribution in [0.15, 0.2) is 0 Å². The van der Waals surface area contributed by atoms with Crippen LogP contribution in [0.25, 0.3) is 0 Å². The number of halogens is 1. The Balaban J connectivity index is 0. The summed E-state index contributed by atoms with van der Waals surface area (Å²) in [6.45, 7) is 2.28. The first-order valence-electron chi connectivity index (χ1n) is 5.97. The molecular formula is C12H25BrMg. The van der Waals surface area contributed by atoms with E-state index in [9.17, 15) is 0 Å². The molecule has 0 N–H and O–H groups in total. The minimum atomic E-state index is 0. The molecule has 82 valence electrons. The fourth-order valence-corrected chi connectivity index (χ4v) is 1.98. The lowest BCUT2D eigenvalue weighted by molar-refractivity contribution is 0.563. The van der Waals surface area contributed by atoms with Crippen molar-refractivity contribution in [3.8, 4) is 0 Å². The predicted molar refractivity (Wildman–Crippen MR) is 71.4 cm³/mol. The van der Waals surface area contributed by atoms with Crippen LogP contribution in [0.4, 0.5) is 0 Å². The highest BCUT2D eigenvalue weighted by atomic mass is 79.9. The van der Waals surface area contributed by atoms with Gasteiger partial charge in [-0.05, 0) is 6.42 Å². The summed E-state index contributed by atoms with van der Waals surface area (Å²) in [4.78, 5) is 0. The average Bonchev–Trinajstić information content (AvgIpc) is 2.16. The monoisotopic (exact) mass is 272 g/mol. The van der Waals surface area contributed by atoms with Crippen molar-refractivity contribution < 1.29 is 0 Å². The van der Waals surface area contributed by atoms with Crippen LogP contribution in [0, 0.1) is 0 Å². The van der Waals surface area contributed by atoms with Crippen LogP contribution >= 0.6 is 15.9 Å². The summed E-state index contributed by atoms with van der Waals surface area (Å²) < 4.78 is 0. The van der Waals surface area contributed by atoms with Gasteiger partial charge in [-0.15, -0.1) is 0 Å². The zero-order valence-corrected chi connectivity index (χ0v) is 12.9. The number of unbranched alkanes of at least 4 members (excludes halogenated alkanes) is 9. The summed E-state index contributed by atoms with van der Waals surface area (Å²) in [5, 5.41) is 1.18. The molecule has 0 amide bonds. The fourth-order valence-electron chi connectivity index (χ4n) is 1.58. The SMILES string of the molecule is CCCCCCCCCCCCBr.[Mg]. The van der Waals surface area contributed by atoms with Gasteiger partial charge in [-0.25, -0.2) is 0 Å². The summed E-state index contributed by atoms with van der Waals surface area (Å²) in [5.41, 5.74) is 0. The molecule has 0 heterocycles. The molecule has 0 bridgehead atoms. The highest BCUT2D eigenvalue weighted by Gasteiger charge is 1.91. The predicted octanol–water partition coefficient (Wildman–Crippen LogP) is 4.92. The fraction of sp³-hybridized carbons (Fsp3) is 1.00. The molecule has 0 aromatic heterocycles. The van der Waals surface area contributed by atoms with Crippen molar-refractivity contribution >= 4 is 39.0 Å². The quantitative estimate of drug-likeness (QED) is 0.301. The van der Waals surface area contributed by atoms with Crippen LogP contribution in [0.1, 0.15) is 71.1 Å². The van der Waals surface area contributed by atoms with E-state index in [4.69, 9.17) is 0 Å². The van der Waals surface area contributed by atoms with Crippen LogP contribution in [0.3, 0.4) is 0 Å². The van der Waals surface area contributed by atoms with Gasteiger partial charge in [0.05, 0.1) is 0 Å². The summed E-state index contributed by atoms with van der Waals surface area (Å²) in [6.07, 6.45) is 14.3. The molecule has 0 fully saturated rings. The summed E-state index contributed by atoms with van der Waals surface area (Å²) in [5.74, 6) is 0. The first-order chi connectivity index (χ1) is 6.41. The second kappa shape index (κ2) is 16.7. The van der Waals surface area contributed by atoms with E-state index in [1.807, 2.05) is 0 Å². The second-order valence-corrected chi connectivity index (χ2v) is 4.66. The molecule has 0 spiro atoms. The maximum atomic E-state index is 3.46. The van der Waals surface area contributed by atoms with E-state index in [0.717, 1.165) is 0 Å². The van der Waals surface area contributed by atoms with Gasteiger partial charge in [0.15, 0.2) is 0 Å². The van der Waals surface area contributed by atoms with E-state index in [1.54, 1.807) is 0 Å². The van der Waals surface area contributed by atoms with Gasteiger partial charge >= 0.3 is 0 Å². The Hall–Kier alpha value is 1.25. The Kier molecular flexibility index (Phi) is 21.0. The first-order valence-corrected chi connectivity index (χ1v) is 7.10. The molecular weight excluding hydrogens is 248 g/mol. The zero-order valence-electron chi connectivity index (χ0n) is 9.86. The van der Waals surface area contributed by atoms with Crippen LogP contribution in [0.2, 0.25) is 0 Å². The minimum Gasteiger partial charge on any atom is -0.0928 e. The molecule has 0 saturated carbocycles. The molecule has 0 saturated heterocycles. The minimum absolute atomic E-state index is 0. The summed E-state index contributed by atoms with van der Waals surface area (Å²) >= 11 is 3.46. The number of hydrogen-bond acceptors (Lipinski definition) is 0. The standard InChI is InChI=1S/C12H25Br.Mg/c1-2-3-4-5-6-7-8-9-10-11-12-13;/h2-12H2,1H3;. The Morgan fingerprint density at radius 1 is 0.643 bits per heavy atom. The Morgan fingerprint density at radius 3 is 1.36 bits per heavy atom. The van der Waals surface area contributed by atoms with E-state index in [-0.39, 0.29) is 23.1 Å². The number of hydrogen-bond donors (Lipinski definition) is 0. The van der Waals surface area contributed by atoms with E-state index in [1.165, 1.54) is 69.5 Å². The van der Waals surface area contributed by atoms with Gasteiger partial charge in [-0.3, -0.25) is 0 Å². The summed E-state index contributed by atoms with van der Waals surface area (Å²) in [6, 6.07) is 0. The highest BCUT2D eigenvalue weighted by Crippen LogP contribution is 2.10. The lowest BCUT2D eigenvalue weighted by atomic mass is 10.1. The Morgan fingerprint density at radius 2 is 1.00 bits per heavy atom. The van der Waals surface area contributed by atoms with E-state index in [0.29, 0.717) is 0 Å². The molecule has 0 aromatic rings. The average molecular weight is 274 g/mol. The van der Waals surface area contributed by atoms with Crippen molar-refractivity contribution in [1.82, 2.24) is 0 Å². The van der Waals surface area contributed by atoms with Gasteiger partial charge in [0.2, 0.25) is 0 Å². The molecule has 0 aliphatic rings. The molecule has 2 radical (unpaired) electrons. The molecule has 0 nitrogen and oxygen atoms in total. The third-order valence-corrected chi connectivity index (χ3v) is 3.05. The van der Waals surface area contributed by atoms with E-state index >= 15 is 0 Å². The topological polar surface area (TPSA) is 0 Å². The van der Waals surface area contributed by atoms with Crippen LogP contribution in [-0.4, -0.2) is 28.4 Å². The largest absolute Gasteiger partial charge is 0.0928 e. The van der Waals surface area contributed by atoms with Crippen molar-refractivity contribution in [2.45, 2.75) is 71.1 Å². The van der Waals surface area contributed by atoms with Gasteiger partial charge < -0.3 is 0 Å². The smallest absolute Gasteiger partial charge is 0.00313 e. The van der Waals surface area contributed by atoms with Crippen molar-refractivity contribution in [2.75, 3.05) is 5.33 Å². The normalized spacial score (nSPS) is 9.86. The van der Waals surface area contributed by atoms with Crippen molar-refractivity contribution in [2.24, 2.45) is 0 Å². The zero-order chi connectivity index (χ0) is 9.78. The second-order valence-electron chi connectivity index (χ2n) is 3.87.